The van der Waals surface area contributed by atoms with Crippen LogP contribution in [0.25, 0.3) is 0 Å². The first-order valence-electron chi connectivity index (χ1n) is 8.71. The van der Waals surface area contributed by atoms with Crippen LogP contribution in [0.2, 0.25) is 5.02 Å². The summed E-state index contributed by atoms with van der Waals surface area (Å²) in [6.07, 6.45) is 1.24. The Bertz CT molecular complexity index is 1260. The third-order valence-corrected chi connectivity index (χ3v) is 5.59. The van der Waals surface area contributed by atoms with E-state index in [9.17, 15) is 23.3 Å². The zero-order valence-electron chi connectivity index (χ0n) is 15.7. The van der Waals surface area contributed by atoms with E-state index in [4.69, 9.17) is 11.6 Å². The van der Waals surface area contributed by atoms with Crippen molar-refractivity contribution in [1.82, 2.24) is 5.43 Å². The number of nitro benzene ring substituents is 1. The maximum absolute atomic E-state index is 12.6. The van der Waals surface area contributed by atoms with Gasteiger partial charge in [-0.15, -0.1) is 0 Å². The second-order valence-electron chi connectivity index (χ2n) is 6.19. The molecule has 11 heteroatoms. The third-order valence-electron chi connectivity index (χ3n) is 3.96. The van der Waals surface area contributed by atoms with Crippen LogP contribution >= 0.6 is 11.6 Å². The first-order chi connectivity index (χ1) is 14.7. The molecule has 0 saturated carbocycles. The molecule has 0 heterocycles. The Hall–Kier alpha value is -3.76. The van der Waals surface area contributed by atoms with Crippen molar-refractivity contribution in [2.75, 3.05) is 4.72 Å². The lowest BCUT2D eigenvalue weighted by Crippen LogP contribution is -2.19. The van der Waals surface area contributed by atoms with Gasteiger partial charge in [-0.05, 0) is 42.5 Å². The summed E-state index contributed by atoms with van der Waals surface area (Å²) in [5, 5.41) is 15.0. The van der Waals surface area contributed by atoms with Gasteiger partial charge in [0.1, 0.15) is 0 Å². The first-order valence-corrected chi connectivity index (χ1v) is 10.6. The third kappa shape index (κ3) is 5.87. The zero-order valence-corrected chi connectivity index (χ0v) is 17.3. The minimum atomic E-state index is -3.93. The Kier molecular flexibility index (Phi) is 6.63. The molecule has 0 aliphatic heterocycles. The standard InChI is InChI=1S/C20H15ClN4O5S/c21-16-7-9-17(10-8-16)24-31(29,30)19-6-2-4-15(12-19)20(26)23-22-13-14-3-1-5-18(11-14)25(27)28/h1-13,24H,(H,23,26). The summed E-state index contributed by atoms with van der Waals surface area (Å²) in [4.78, 5) is 22.5. The molecule has 0 spiro atoms. The van der Waals surface area contributed by atoms with E-state index >= 15 is 0 Å². The monoisotopic (exact) mass is 458 g/mol. The number of halogens is 1. The number of hydrogen-bond acceptors (Lipinski definition) is 6. The molecule has 3 aromatic rings. The van der Waals surface area contributed by atoms with E-state index in [1.54, 1.807) is 18.2 Å². The van der Waals surface area contributed by atoms with Crippen LogP contribution < -0.4 is 10.1 Å². The number of nitrogens with zero attached hydrogens (tertiary/aromatic N) is 2. The molecule has 0 saturated heterocycles. The van der Waals surface area contributed by atoms with Gasteiger partial charge in [-0.25, -0.2) is 13.8 Å². The molecule has 31 heavy (non-hydrogen) atoms. The van der Waals surface area contributed by atoms with Gasteiger partial charge in [0.25, 0.3) is 21.6 Å². The molecule has 0 fully saturated rings. The molecule has 0 atom stereocenters. The summed E-state index contributed by atoms with van der Waals surface area (Å²) in [5.41, 5.74) is 2.95. The van der Waals surface area contributed by atoms with Gasteiger partial charge in [0.05, 0.1) is 16.0 Å². The Morgan fingerprint density at radius 2 is 1.74 bits per heavy atom. The summed E-state index contributed by atoms with van der Waals surface area (Å²) >= 11 is 5.79. The van der Waals surface area contributed by atoms with Crippen LogP contribution in [-0.2, 0) is 10.0 Å². The molecule has 9 nitrogen and oxygen atoms in total. The number of non-ortho nitro benzene ring substituents is 1. The van der Waals surface area contributed by atoms with Crippen molar-refractivity contribution in [3.63, 3.8) is 0 Å². The van der Waals surface area contributed by atoms with Crippen LogP contribution in [0.4, 0.5) is 11.4 Å². The number of carbonyl (C=O) groups excluding carboxylic acids is 1. The van der Waals surface area contributed by atoms with Gasteiger partial charge in [0.2, 0.25) is 0 Å². The number of sulfonamides is 1. The number of benzene rings is 3. The number of nitro groups is 1. The molecule has 0 bridgehead atoms. The average molecular weight is 459 g/mol. The molecular weight excluding hydrogens is 444 g/mol. The normalized spacial score (nSPS) is 11.3. The molecular formula is C20H15ClN4O5S. The minimum Gasteiger partial charge on any atom is -0.280 e. The van der Waals surface area contributed by atoms with E-state index < -0.39 is 20.9 Å². The van der Waals surface area contributed by atoms with Gasteiger partial charge >= 0.3 is 0 Å². The summed E-state index contributed by atoms with van der Waals surface area (Å²) in [6, 6.07) is 17.2. The van der Waals surface area contributed by atoms with E-state index in [-0.39, 0.29) is 16.1 Å². The predicted octanol–water partition coefficient (Wildman–Crippen LogP) is 3.81. The second-order valence-corrected chi connectivity index (χ2v) is 8.31. The Balaban J connectivity index is 1.71. The molecule has 2 N–H and O–H groups in total. The van der Waals surface area contributed by atoms with Crippen molar-refractivity contribution in [1.29, 1.82) is 0 Å². The van der Waals surface area contributed by atoms with Crippen LogP contribution in [0.3, 0.4) is 0 Å². The molecule has 1 amide bonds. The number of hydrogen-bond donors (Lipinski definition) is 2. The van der Waals surface area contributed by atoms with Crippen LogP contribution in [0.15, 0.2) is 82.8 Å². The fraction of sp³-hybridized carbons (Fsp3) is 0. The molecule has 0 aromatic heterocycles. The number of carbonyl (C=O) groups is 1. The van der Waals surface area contributed by atoms with Gasteiger partial charge in [0, 0.05) is 34.0 Å². The predicted molar refractivity (Wildman–Crippen MR) is 117 cm³/mol. The van der Waals surface area contributed by atoms with Gasteiger partial charge < -0.3 is 0 Å². The van der Waals surface area contributed by atoms with Crippen molar-refractivity contribution in [3.05, 3.63) is 99.1 Å². The summed E-state index contributed by atoms with van der Waals surface area (Å²) in [7, 11) is -3.93. The largest absolute Gasteiger partial charge is 0.280 e. The van der Waals surface area contributed by atoms with Crippen LogP contribution in [0, 0.1) is 10.1 Å². The fourth-order valence-electron chi connectivity index (χ4n) is 2.49. The van der Waals surface area contributed by atoms with Gasteiger partial charge in [-0.3, -0.25) is 19.6 Å². The van der Waals surface area contributed by atoms with E-state index in [0.717, 1.165) is 0 Å². The highest BCUT2D eigenvalue weighted by Crippen LogP contribution is 2.19. The molecule has 3 aromatic carbocycles. The first kappa shape index (κ1) is 21.9. The van der Waals surface area contributed by atoms with E-state index in [0.29, 0.717) is 16.3 Å². The molecule has 0 unspecified atom stereocenters. The smallest absolute Gasteiger partial charge is 0.271 e. The van der Waals surface area contributed by atoms with Crippen LogP contribution in [-0.4, -0.2) is 25.5 Å². The number of anilines is 1. The Morgan fingerprint density at radius 3 is 2.45 bits per heavy atom. The molecule has 3 rings (SSSR count). The van der Waals surface area contributed by atoms with Gasteiger partial charge in [0.15, 0.2) is 0 Å². The molecule has 0 aliphatic rings. The molecule has 158 valence electrons. The molecule has 0 radical (unpaired) electrons. The summed E-state index contributed by atoms with van der Waals surface area (Å²) in [5.74, 6) is -0.648. The highest BCUT2D eigenvalue weighted by Gasteiger charge is 2.16. The maximum Gasteiger partial charge on any atom is 0.271 e. The van der Waals surface area contributed by atoms with Crippen molar-refractivity contribution in [3.8, 4) is 0 Å². The maximum atomic E-state index is 12.6. The van der Waals surface area contributed by atoms with Crippen molar-refractivity contribution in [2.24, 2.45) is 5.10 Å². The second kappa shape index (κ2) is 9.37. The van der Waals surface area contributed by atoms with Gasteiger partial charge in [-0.1, -0.05) is 29.8 Å². The Labute approximate surface area is 182 Å². The van der Waals surface area contributed by atoms with E-state index in [2.05, 4.69) is 15.2 Å². The quantitative estimate of drug-likeness (QED) is 0.315. The van der Waals surface area contributed by atoms with E-state index in [1.807, 2.05) is 0 Å². The highest BCUT2D eigenvalue weighted by molar-refractivity contribution is 7.92. The Morgan fingerprint density at radius 1 is 1.03 bits per heavy atom. The van der Waals surface area contributed by atoms with Gasteiger partial charge in [-0.2, -0.15) is 5.10 Å². The topological polar surface area (TPSA) is 131 Å². The van der Waals surface area contributed by atoms with Crippen LogP contribution in [0.1, 0.15) is 15.9 Å². The van der Waals surface area contributed by atoms with Crippen molar-refractivity contribution in [2.45, 2.75) is 4.90 Å². The number of rotatable bonds is 7. The van der Waals surface area contributed by atoms with Crippen LogP contribution in [0.5, 0.6) is 0 Å². The lowest BCUT2D eigenvalue weighted by atomic mass is 10.2. The number of hydrazone groups is 1. The fourth-order valence-corrected chi connectivity index (χ4v) is 3.72. The number of nitrogens with one attached hydrogen (secondary N) is 2. The van der Waals surface area contributed by atoms with Crippen molar-refractivity contribution < 1.29 is 18.1 Å². The zero-order chi connectivity index (χ0) is 22.4. The van der Waals surface area contributed by atoms with Crippen molar-refractivity contribution >= 4 is 45.1 Å². The highest BCUT2D eigenvalue weighted by atomic mass is 35.5. The lowest BCUT2D eigenvalue weighted by Gasteiger charge is -2.09. The lowest BCUT2D eigenvalue weighted by molar-refractivity contribution is -0.384. The SMILES string of the molecule is O=C(NN=Cc1cccc([N+](=O)[O-])c1)c1cccc(S(=O)(=O)Nc2ccc(Cl)cc2)c1. The minimum absolute atomic E-state index is 0.0650. The summed E-state index contributed by atoms with van der Waals surface area (Å²) in [6.45, 7) is 0. The average Bonchev–Trinajstić information content (AvgIpc) is 2.75. The molecule has 0 aliphatic carbocycles. The number of amides is 1. The van der Waals surface area contributed by atoms with E-state index in [1.165, 1.54) is 60.8 Å². The summed E-state index contributed by atoms with van der Waals surface area (Å²) < 4.78 is 27.6.